The first kappa shape index (κ1) is 16.6. The SMILES string of the molecule is CCNC1CC(C)CC(C)C1CN(C)Cc1ccc(C)o1. The lowest BCUT2D eigenvalue weighted by Gasteiger charge is -2.41. The monoisotopic (exact) mass is 292 g/mol. The number of hydrogen-bond donors (Lipinski definition) is 1. The van der Waals surface area contributed by atoms with Gasteiger partial charge in [0.25, 0.3) is 0 Å². The molecule has 3 nitrogen and oxygen atoms in total. The van der Waals surface area contributed by atoms with E-state index in [0.717, 1.165) is 48.9 Å². The summed E-state index contributed by atoms with van der Waals surface area (Å²) in [6, 6.07) is 4.81. The Kier molecular flexibility index (Phi) is 5.88. The van der Waals surface area contributed by atoms with Gasteiger partial charge in [-0.1, -0.05) is 20.8 Å². The maximum Gasteiger partial charge on any atom is 0.118 e. The molecule has 1 aliphatic carbocycles. The maximum atomic E-state index is 5.70. The first-order chi connectivity index (χ1) is 9.99. The van der Waals surface area contributed by atoms with Crippen LogP contribution < -0.4 is 5.32 Å². The molecule has 1 aromatic rings. The van der Waals surface area contributed by atoms with Crippen molar-refractivity contribution < 1.29 is 4.42 Å². The fraction of sp³-hybridized carbons (Fsp3) is 0.778. The highest BCUT2D eigenvalue weighted by atomic mass is 16.3. The largest absolute Gasteiger partial charge is 0.465 e. The zero-order chi connectivity index (χ0) is 15.4. The third kappa shape index (κ3) is 4.58. The van der Waals surface area contributed by atoms with Crippen LogP contribution in [0.25, 0.3) is 0 Å². The minimum absolute atomic E-state index is 0.662. The predicted molar refractivity (Wildman–Crippen MR) is 88.3 cm³/mol. The summed E-state index contributed by atoms with van der Waals surface area (Å²) in [6.45, 7) is 12.2. The first-order valence-corrected chi connectivity index (χ1v) is 8.46. The van der Waals surface area contributed by atoms with Gasteiger partial charge in [-0.25, -0.2) is 0 Å². The van der Waals surface area contributed by atoms with Crippen LogP contribution in [0.5, 0.6) is 0 Å². The summed E-state index contributed by atoms with van der Waals surface area (Å²) in [5, 5.41) is 3.72. The van der Waals surface area contributed by atoms with Gasteiger partial charge in [0.2, 0.25) is 0 Å². The van der Waals surface area contributed by atoms with Gasteiger partial charge < -0.3 is 9.73 Å². The van der Waals surface area contributed by atoms with Crippen LogP contribution in [-0.4, -0.2) is 31.1 Å². The van der Waals surface area contributed by atoms with E-state index in [1.807, 2.05) is 6.92 Å². The molecule has 1 heterocycles. The average Bonchev–Trinajstić information content (AvgIpc) is 2.79. The van der Waals surface area contributed by atoms with Crippen LogP contribution in [0.15, 0.2) is 16.5 Å². The minimum atomic E-state index is 0.662. The lowest BCUT2D eigenvalue weighted by Crippen LogP contribution is -2.48. The Hall–Kier alpha value is -0.800. The van der Waals surface area contributed by atoms with Gasteiger partial charge in [-0.05, 0) is 63.2 Å². The number of aryl methyl sites for hydroxylation is 1. The van der Waals surface area contributed by atoms with Gasteiger partial charge in [0, 0.05) is 12.6 Å². The van der Waals surface area contributed by atoms with E-state index < -0.39 is 0 Å². The van der Waals surface area contributed by atoms with Gasteiger partial charge >= 0.3 is 0 Å². The molecule has 2 rings (SSSR count). The van der Waals surface area contributed by atoms with E-state index in [1.165, 1.54) is 12.8 Å². The number of rotatable bonds is 6. The standard InChI is InChI=1S/C18H32N2O/c1-6-19-18-10-13(2)9-14(3)17(18)12-20(5)11-16-8-7-15(4)21-16/h7-8,13-14,17-19H,6,9-12H2,1-5H3. The molecule has 1 N–H and O–H groups in total. The van der Waals surface area contributed by atoms with Gasteiger partial charge in [-0.3, -0.25) is 4.90 Å². The molecule has 21 heavy (non-hydrogen) atoms. The molecule has 1 aliphatic rings. The Morgan fingerprint density at radius 2 is 2.05 bits per heavy atom. The molecule has 1 fully saturated rings. The lowest BCUT2D eigenvalue weighted by atomic mass is 9.72. The van der Waals surface area contributed by atoms with Crippen LogP contribution >= 0.6 is 0 Å². The van der Waals surface area contributed by atoms with Crippen molar-refractivity contribution >= 4 is 0 Å². The number of nitrogens with one attached hydrogen (secondary N) is 1. The molecule has 4 unspecified atom stereocenters. The normalized spacial score (nSPS) is 30.0. The Labute approximate surface area is 130 Å². The fourth-order valence-electron chi connectivity index (χ4n) is 3.98. The molecule has 120 valence electrons. The van der Waals surface area contributed by atoms with Crippen LogP contribution in [0.2, 0.25) is 0 Å². The molecular formula is C18H32N2O. The van der Waals surface area contributed by atoms with Gasteiger partial charge in [0.05, 0.1) is 6.54 Å². The van der Waals surface area contributed by atoms with Gasteiger partial charge in [-0.2, -0.15) is 0 Å². The van der Waals surface area contributed by atoms with Crippen molar-refractivity contribution in [3.05, 3.63) is 23.7 Å². The lowest BCUT2D eigenvalue weighted by molar-refractivity contribution is 0.107. The summed E-state index contributed by atoms with van der Waals surface area (Å²) in [6.07, 6.45) is 2.68. The van der Waals surface area contributed by atoms with Crippen molar-refractivity contribution in [2.75, 3.05) is 20.1 Å². The van der Waals surface area contributed by atoms with Crippen LogP contribution in [0.1, 0.15) is 45.1 Å². The van der Waals surface area contributed by atoms with Crippen molar-refractivity contribution in [2.24, 2.45) is 17.8 Å². The summed E-state index contributed by atoms with van der Waals surface area (Å²) in [5.74, 6) is 4.45. The highest BCUT2D eigenvalue weighted by molar-refractivity contribution is 5.05. The summed E-state index contributed by atoms with van der Waals surface area (Å²) < 4.78 is 5.70. The van der Waals surface area contributed by atoms with E-state index in [4.69, 9.17) is 4.42 Å². The van der Waals surface area contributed by atoms with Gasteiger partial charge in [0.1, 0.15) is 11.5 Å². The molecule has 0 amide bonds. The summed E-state index contributed by atoms with van der Waals surface area (Å²) in [4.78, 5) is 2.42. The van der Waals surface area contributed by atoms with E-state index in [0.29, 0.717) is 6.04 Å². The summed E-state index contributed by atoms with van der Waals surface area (Å²) in [7, 11) is 2.21. The molecule has 0 saturated heterocycles. The van der Waals surface area contributed by atoms with Crippen LogP contribution in [0.4, 0.5) is 0 Å². The molecular weight excluding hydrogens is 260 g/mol. The van der Waals surface area contributed by atoms with Crippen LogP contribution in [0.3, 0.4) is 0 Å². The molecule has 0 radical (unpaired) electrons. The molecule has 0 aliphatic heterocycles. The highest BCUT2D eigenvalue weighted by Crippen LogP contribution is 2.34. The quantitative estimate of drug-likeness (QED) is 0.867. The van der Waals surface area contributed by atoms with Gasteiger partial charge in [-0.15, -0.1) is 0 Å². The Morgan fingerprint density at radius 1 is 1.29 bits per heavy atom. The van der Waals surface area contributed by atoms with Crippen molar-refractivity contribution in [1.82, 2.24) is 10.2 Å². The molecule has 1 aromatic heterocycles. The summed E-state index contributed by atoms with van der Waals surface area (Å²) >= 11 is 0. The highest BCUT2D eigenvalue weighted by Gasteiger charge is 2.34. The topological polar surface area (TPSA) is 28.4 Å². The predicted octanol–water partition coefficient (Wildman–Crippen LogP) is 3.68. The van der Waals surface area contributed by atoms with Crippen LogP contribution in [0, 0.1) is 24.7 Å². The van der Waals surface area contributed by atoms with E-state index in [-0.39, 0.29) is 0 Å². The van der Waals surface area contributed by atoms with E-state index >= 15 is 0 Å². The van der Waals surface area contributed by atoms with Crippen molar-refractivity contribution in [2.45, 2.75) is 53.1 Å². The van der Waals surface area contributed by atoms with E-state index in [9.17, 15) is 0 Å². The maximum absolute atomic E-state index is 5.70. The molecule has 0 bridgehead atoms. The Bertz CT molecular complexity index is 429. The Morgan fingerprint density at radius 3 is 2.67 bits per heavy atom. The number of nitrogens with zero attached hydrogens (tertiary/aromatic N) is 1. The van der Waals surface area contributed by atoms with E-state index in [1.54, 1.807) is 0 Å². The zero-order valence-electron chi connectivity index (χ0n) is 14.4. The second kappa shape index (κ2) is 7.46. The second-order valence-electron chi connectivity index (χ2n) is 7.09. The fourth-order valence-corrected chi connectivity index (χ4v) is 3.98. The van der Waals surface area contributed by atoms with Crippen molar-refractivity contribution in [1.29, 1.82) is 0 Å². The van der Waals surface area contributed by atoms with Gasteiger partial charge in [0.15, 0.2) is 0 Å². The zero-order valence-corrected chi connectivity index (χ0v) is 14.4. The third-order valence-electron chi connectivity index (χ3n) is 4.89. The molecule has 0 spiro atoms. The first-order valence-electron chi connectivity index (χ1n) is 8.46. The van der Waals surface area contributed by atoms with Crippen molar-refractivity contribution in [3.63, 3.8) is 0 Å². The smallest absolute Gasteiger partial charge is 0.118 e. The molecule has 1 saturated carbocycles. The summed E-state index contributed by atoms with van der Waals surface area (Å²) in [5.41, 5.74) is 0. The molecule has 0 aromatic carbocycles. The second-order valence-corrected chi connectivity index (χ2v) is 7.09. The molecule has 3 heteroatoms. The van der Waals surface area contributed by atoms with Crippen LogP contribution in [-0.2, 0) is 6.54 Å². The Balaban J connectivity index is 1.94. The number of furan rings is 1. The third-order valence-corrected chi connectivity index (χ3v) is 4.89. The number of hydrogen-bond acceptors (Lipinski definition) is 3. The average molecular weight is 292 g/mol. The van der Waals surface area contributed by atoms with E-state index in [2.05, 4.69) is 50.2 Å². The minimum Gasteiger partial charge on any atom is -0.465 e. The van der Waals surface area contributed by atoms with Crippen molar-refractivity contribution in [3.8, 4) is 0 Å². The molecule has 4 atom stereocenters.